The Hall–Kier alpha value is -1.59. The molecule has 1 amide bonds. The molecule has 2 atom stereocenters. The van der Waals surface area contributed by atoms with E-state index in [1.54, 1.807) is 24.3 Å². The summed E-state index contributed by atoms with van der Waals surface area (Å²) >= 11 is 0. The maximum atomic E-state index is 10.7. The summed E-state index contributed by atoms with van der Waals surface area (Å²) in [7, 11) is 0. The van der Waals surface area contributed by atoms with Crippen LogP contribution in [-0.2, 0) is 4.79 Å². The second-order valence-electron chi connectivity index (χ2n) is 3.88. The zero-order valence-electron chi connectivity index (χ0n) is 9.76. The number of phenolic OH excluding ortho intramolecular Hbond substituents is 1. The Kier molecular flexibility index (Phi) is 4.93. The summed E-state index contributed by atoms with van der Waals surface area (Å²) in [5, 5.41) is 21.5. The van der Waals surface area contributed by atoms with Crippen LogP contribution in [0.3, 0.4) is 0 Å². The Labute approximate surface area is 100 Å². The molecule has 0 bridgehead atoms. The van der Waals surface area contributed by atoms with Crippen LogP contribution in [0.4, 0.5) is 0 Å². The van der Waals surface area contributed by atoms with Gasteiger partial charge in [0, 0.05) is 12.6 Å². The Morgan fingerprint density at radius 2 is 2.00 bits per heavy atom. The van der Waals surface area contributed by atoms with Crippen LogP contribution in [0.5, 0.6) is 5.75 Å². The number of hydrogen-bond acceptors (Lipinski definition) is 4. The molecule has 5 heteroatoms. The molecule has 1 aromatic rings. The molecule has 0 spiro atoms. The summed E-state index contributed by atoms with van der Waals surface area (Å²) in [4.78, 5) is 10.7. The van der Waals surface area contributed by atoms with Crippen molar-refractivity contribution in [2.24, 2.45) is 5.73 Å². The minimum absolute atomic E-state index is 0.0181. The zero-order chi connectivity index (χ0) is 12.8. The van der Waals surface area contributed by atoms with Crippen LogP contribution >= 0.6 is 0 Å². The summed E-state index contributed by atoms with van der Waals surface area (Å²) in [6, 6.07) is 6.82. The molecule has 0 radical (unpaired) electrons. The number of benzene rings is 1. The summed E-state index contributed by atoms with van der Waals surface area (Å²) < 4.78 is 0. The quantitative estimate of drug-likeness (QED) is 0.572. The number of primary amides is 1. The molecule has 1 aromatic carbocycles. The van der Waals surface area contributed by atoms with Crippen LogP contribution in [0.25, 0.3) is 0 Å². The van der Waals surface area contributed by atoms with E-state index in [1.165, 1.54) is 0 Å². The lowest BCUT2D eigenvalue weighted by Gasteiger charge is -2.18. The normalized spacial score (nSPS) is 14.2. The van der Waals surface area contributed by atoms with E-state index in [2.05, 4.69) is 5.32 Å². The van der Waals surface area contributed by atoms with Gasteiger partial charge in [0.25, 0.3) is 0 Å². The van der Waals surface area contributed by atoms with Gasteiger partial charge < -0.3 is 21.3 Å². The van der Waals surface area contributed by atoms with E-state index in [4.69, 9.17) is 5.73 Å². The maximum Gasteiger partial charge on any atom is 0.247 e. The summed E-state index contributed by atoms with van der Waals surface area (Å²) in [5.41, 5.74) is 5.95. The molecule has 0 aromatic heterocycles. The fraction of sp³-hybridized carbons (Fsp3) is 0.417. The molecule has 2 unspecified atom stereocenters. The molecule has 0 aliphatic heterocycles. The number of amides is 1. The zero-order valence-corrected chi connectivity index (χ0v) is 9.76. The van der Waals surface area contributed by atoms with Gasteiger partial charge in [0.1, 0.15) is 11.9 Å². The first kappa shape index (κ1) is 13.5. The average molecular weight is 238 g/mol. The Bertz CT molecular complexity index is 365. The SMILES string of the molecule is CCC(NCC(O)C(N)=O)c1ccc(O)cc1. The number of phenols is 1. The first-order valence-corrected chi connectivity index (χ1v) is 5.54. The third-order valence-corrected chi connectivity index (χ3v) is 2.59. The highest BCUT2D eigenvalue weighted by molar-refractivity contribution is 5.78. The first-order chi connectivity index (χ1) is 8.04. The van der Waals surface area contributed by atoms with Gasteiger partial charge in [-0.1, -0.05) is 19.1 Å². The van der Waals surface area contributed by atoms with Crippen molar-refractivity contribution in [2.75, 3.05) is 6.54 Å². The molecule has 0 fully saturated rings. The second-order valence-corrected chi connectivity index (χ2v) is 3.88. The van der Waals surface area contributed by atoms with E-state index in [0.717, 1.165) is 12.0 Å². The smallest absolute Gasteiger partial charge is 0.247 e. The Morgan fingerprint density at radius 1 is 1.41 bits per heavy atom. The monoisotopic (exact) mass is 238 g/mol. The van der Waals surface area contributed by atoms with Crippen molar-refractivity contribution in [2.45, 2.75) is 25.5 Å². The summed E-state index contributed by atoms with van der Waals surface area (Å²) in [6.07, 6.45) is -0.378. The topological polar surface area (TPSA) is 95.6 Å². The van der Waals surface area contributed by atoms with Gasteiger partial charge in [0.15, 0.2) is 0 Å². The van der Waals surface area contributed by atoms with Gasteiger partial charge in [-0.25, -0.2) is 0 Å². The lowest BCUT2D eigenvalue weighted by Crippen LogP contribution is -2.38. The Morgan fingerprint density at radius 3 is 2.47 bits per heavy atom. The van der Waals surface area contributed by atoms with E-state index < -0.39 is 12.0 Å². The molecule has 0 aliphatic carbocycles. The largest absolute Gasteiger partial charge is 0.508 e. The standard InChI is InChI=1S/C12H18N2O3/c1-2-10(14-7-11(16)12(13)17)8-3-5-9(15)6-4-8/h3-6,10-11,14-16H,2,7H2,1H3,(H2,13,17). The number of nitrogens with two attached hydrogens (primary N) is 1. The highest BCUT2D eigenvalue weighted by Gasteiger charge is 2.14. The molecule has 17 heavy (non-hydrogen) atoms. The minimum Gasteiger partial charge on any atom is -0.508 e. The summed E-state index contributed by atoms with van der Waals surface area (Å²) in [5.74, 6) is -0.529. The van der Waals surface area contributed by atoms with Crippen molar-refractivity contribution in [3.05, 3.63) is 29.8 Å². The molecule has 1 rings (SSSR count). The highest BCUT2D eigenvalue weighted by Crippen LogP contribution is 2.19. The lowest BCUT2D eigenvalue weighted by atomic mass is 10.0. The van der Waals surface area contributed by atoms with Crippen LogP contribution in [0.15, 0.2) is 24.3 Å². The van der Waals surface area contributed by atoms with Crippen LogP contribution in [0.2, 0.25) is 0 Å². The van der Waals surface area contributed by atoms with E-state index in [9.17, 15) is 15.0 Å². The molecular formula is C12H18N2O3. The molecule has 0 aliphatic rings. The van der Waals surface area contributed by atoms with Crippen molar-refractivity contribution < 1.29 is 15.0 Å². The van der Waals surface area contributed by atoms with Crippen LogP contribution in [-0.4, -0.2) is 28.8 Å². The third-order valence-electron chi connectivity index (χ3n) is 2.59. The minimum atomic E-state index is -1.18. The van der Waals surface area contributed by atoms with Crippen LogP contribution in [0, 0.1) is 0 Å². The van der Waals surface area contributed by atoms with Crippen molar-refractivity contribution in [1.82, 2.24) is 5.32 Å². The summed E-state index contributed by atoms with van der Waals surface area (Å²) in [6.45, 7) is 2.11. The molecule has 94 valence electrons. The predicted octanol–water partition coefficient (Wildman–Crippen LogP) is 0.279. The van der Waals surface area contributed by atoms with E-state index >= 15 is 0 Å². The van der Waals surface area contributed by atoms with Gasteiger partial charge in [-0.05, 0) is 24.1 Å². The predicted molar refractivity (Wildman–Crippen MR) is 64.3 cm³/mol. The fourth-order valence-electron chi connectivity index (χ4n) is 1.56. The fourth-order valence-corrected chi connectivity index (χ4v) is 1.56. The number of hydrogen-bond donors (Lipinski definition) is 4. The van der Waals surface area contributed by atoms with E-state index in [0.29, 0.717) is 0 Å². The number of aromatic hydroxyl groups is 1. The molecule has 5 N–H and O–H groups in total. The van der Waals surface area contributed by atoms with E-state index in [1.807, 2.05) is 6.92 Å². The highest BCUT2D eigenvalue weighted by atomic mass is 16.3. The van der Waals surface area contributed by atoms with Crippen molar-refractivity contribution >= 4 is 5.91 Å². The number of rotatable bonds is 6. The number of aliphatic hydroxyl groups is 1. The molecule has 5 nitrogen and oxygen atoms in total. The molecule has 0 heterocycles. The van der Waals surface area contributed by atoms with Crippen molar-refractivity contribution in [1.29, 1.82) is 0 Å². The van der Waals surface area contributed by atoms with Crippen molar-refractivity contribution in [3.8, 4) is 5.75 Å². The van der Waals surface area contributed by atoms with Gasteiger partial charge >= 0.3 is 0 Å². The number of carbonyl (C=O) groups is 1. The van der Waals surface area contributed by atoms with Crippen LogP contribution < -0.4 is 11.1 Å². The van der Waals surface area contributed by atoms with Gasteiger partial charge in [-0.15, -0.1) is 0 Å². The lowest BCUT2D eigenvalue weighted by molar-refractivity contribution is -0.125. The van der Waals surface area contributed by atoms with Crippen molar-refractivity contribution in [3.63, 3.8) is 0 Å². The maximum absolute atomic E-state index is 10.7. The first-order valence-electron chi connectivity index (χ1n) is 5.54. The number of carbonyl (C=O) groups excluding carboxylic acids is 1. The second kappa shape index (κ2) is 6.22. The van der Waals surface area contributed by atoms with Gasteiger partial charge in [-0.2, -0.15) is 0 Å². The number of aliphatic hydroxyl groups excluding tert-OH is 1. The Balaban J connectivity index is 2.60. The average Bonchev–Trinajstić information content (AvgIpc) is 2.31. The molecule has 0 saturated heterocycles. The van der Waals surface area contributed by atoms with Crippen LogP contribution in [0.1, 0.15) is 24.9 Å². The van der Waals surface area contributed by atoms with Gasteiger partial charge in [-0.3, -0.25) is 4.79 Å². The molecule has 0 saturated carbocycles. The third kappa shape index (κ3) is 4.05. The van der Waals surface area contributed by atoms with Gasteiger partial charge in [0.05, 0.1) is 0 Å². The van der Waals surface area contributed by atoms with E-state index in [-0.39, 0.29) is 18.3 Å². The van der Waals surface area contributed by atoms with Gasteiger partial charge in [0.2, 0.25) is 5.91 Å². The number of nitrogens with one attached hydrogen (secondary N) is 1. The molecular weight excluding hydrogens is 220 g/mol.